The molecule has 7 nitrogen and oxygen atoms in total. The van der Waals surface area contributed by atoms with E-state index in [0.717, 1.165) is 62.3 Å². The van der Waals surface area contributed by atoms with Gasteiger partial charge in [0.2, 0.25) is 0 Å². The predicted octanol–water partition coefficient (Wildman–Crippen LogP) is 5.45. The fourth-order valence-electron chi connectivity index (χ4n) is 4.82. The van der Waals surface area contributed by atoms with Crippen LogP contribution in [0.3, 0.4) is 0 Å². The average Bonchev–Trinajstić information content (AvgIpc) is 2.90. The number of halogens is 3. The highest BCUT2D eigenvalue weighted by Gasteiger charge is 2.32. The number of nitrogens with two attached hydrogens (primary N) is 1. The van der Waals surface area contributed by atoms with Gasteiger partial charge in [0, 0.05) is 56.4 Å². The monoisotopic (exact) mass is 556 g/mol. The van der Waals surface area contributed by atoms with Crippen LogP contribution in [0.1, 0.15) is 59.1 Å². The Labute approximate surface area is 234 Å². The summed E-state index contributed by atoms with van der Waals surface area (Å²) < 4.78 is 41.2. The summed E-state index contributed by atoms with van der Waals surface area (Å²) in [6.07, 6.45) is 1.63. The first-order valence-corrected chi connectivity index (χ1v) is 13.2. The standard InChI is InChI=1S/C29H35F3N6O.CH4/c1-3-4-21-5-7-25(18-22(21)6-8-26-27(33)35-10-9-34-26)36-28(39)23-15-20(16-24(17-23)29(30,31)32)19-38-13-11-37(2)12-14-38;/h5,7,9-10,15-18H,3-4,6,8,11-14,19H2,1-2H3,(H2,33,35)(H,36,39);1H4. The number of alkyl halides is 3. The third-order valence-corrected chi connectivity index (χ3v) is 7.01. The molecule has 1 fully saturated rings. The van der Waals surface area contributed by atoms with Crippen molar-refractivity contribution in [2.75, 3.05) is 44.3 Å². The topological polar surface area (TPSA) is 87.4 Å². The molecule has 0 atom stereocenters. The number of likely N-dealkylation sites (N-methyl/N-ethyl adjacent to an activating group) is 1. The molecule has 2 aromatic carbocycles. The van der Waals surface area contributed by atoms with Crippen LogP contribution in [0.15, 0.2) is 48.8 Å². The summed E-state index contributed by atoms with van der Waals surface area (Å²) in [6, 6.07) is 9.26. The molecule has 40 heavy (non-hydrogen) atoms. The number of anilines is 2. The summed E-state index contributed by atoms with van der Waals surface area (Å²) in [7, 11) is 2.02. The van der Waals surface area contributed by atoms with E-state index in [1.807, 2.05) is 19.2 Å². The van der Waals surface area contributed by atoms with Gasteiger partial charge in [-0.2, -0.15) is 13.2 Å². The highest BCUT2D eigenvalue weighted by Crippen LogP contribution is 2.31. The number of piperazine rings is 1. The number of carbonyl (C=O) groups is 1. The molecule has 10 heteroatoms. The first-order valence-electron chi connectivity index (χ1n) is 13.2. The molecule has 1 saturated heterocycles. The van der Waals surface area contributed by atoms with Crippen molar-refractivity contribution < 1.29 is 18.0 Å². The smallest absolute Gasteiger partial charge is 0.382 e. The first kappa shape index (κ1) is 31.0. The van der Waals surface area contributed by atoms with Crippen LogP contribution in [-0.2, 0) is 32.0 Å². The van der Waals surface area contributed by atoms with Crippen LogP contribution < -0.4 is 11.1 Å². The lowest BCUT2D eigenvalue weighted by atomic mass is 9.97. The molecule has 0 radical (unpaired) electrons. The number of carbonyl (C=O) groups excluding carboxylic acids is 1. The Morgan fingerprint density at radius 2 is 1.70 bits per heavy atom. The zero-order valence-electron chi connectivity index (χ0n) is 22.4. The highest BCUT2D eigenvalue weighted by molar-refractivity contribution is 6.04. The molecule has 3 aromatic rings. The number of hydrogen-bond donors (Lipinski definition) is 2. The highest BCUT2D eigenvalue weighted by atomic mass is 19.4. The molecule has 3 N–H and O–H groups in total. The lowest BCUT2D eigenvalue weighted by Crippen LogP contribution is -2.43. The van der Waals surface area contributed by atoms with Crippen molar-refractivity contribution in [1.82, 2.24) is 19.8 Å². The molecule has 216 valence electrons. The Balaban J connectivity index is 0.00000441. The van der Waals surface area contributed by atoms with Crippen molar-refractivity contribution in [3.05, 3.63) is 82.3 Å². The molecule has 0 saturated carbocycles. The van der Waals surface area contributed by atoms with Crippen molar-refractivity contribution >= 4 is 17.4 Å². The molecule has 1 amide bonds. The fraction of sp³-hybridized carbons (Fsp3) is 0.433. The number of aryl methyl sites for hydroxylation is 3. The number of benzene rings is 2. The molecule has 1 aliphatic rings. The van der Waals surface area contributed by atoms with Gasteiger partial charge in [-0.15, -0.1) is 0 Å². The van der Waals surface area contributed by atoms with E-state index in [4.69, 9.17) is 5.73 Å². The average molecular weight is 557 g/mol. The molecular weight excluding hydrogens is 517 g/mol. The van der Waals surface area contributed by atoms with E-state index >= 15 is 0 Å². The summed E-state index contributed by atoms with van der Waals surface area (Å²) in [6.45, 7) is 5.69. The first-order chi connectivity index (χ1) is 18.6. The SMILES string of the molecule is C.CCCc1ccc(NC(=O)c2cc(CN3CCN(C)CC3)cc(C(F)(F)F)c2)cc1CCc1nccnc1N. The number of nitrogens with zero attached hydrogens (tertiary/aromatic N) is 4. The van der Waals surface area contributed by atoms with Crippen LogP contribution in [-0.4, -0.2) is 58.9 Å². The summed E-state index contributed by atoms with van der Waals surface area (Å²) >= 11 is 0. The molecule has 0 aliphatic carbocycles. The normalized spacial score (nSPS) is 14.5. The summed E-state index contributed by atoms with van der Waals surface area (Å²) in [5.41, 5.74) is 8.99. The maximum Gasteiger partial charge on any atom is 0.416 e. The lowest BCUT2D eigenvalue weighted by Gasteiger charge is -2.32. The number of hydrogen-bond acceptors (Lipinski definition) is 6. The molecule has 0 unspecified atom stereocenters. The summed E-state index contributed by atoms with van der Waals surface area (Å²) in [5, 5.41) is 2.81. The number of rotatable bonds is 9. The van der Waals surface area contributed by atoms with Crippen molar-refractivity contribution in [1.29, 1.82) is 0 Å². The van der Waals surface area contributed by atoms with Gasteiger partial charge < -0.3 is 16.0 Å². The zero-order valence-corrected chi connectivity index (χ0v) is 22.4. The third-order valence-electron chi connectivity index (χ3n) is 7.01. The van der Waals surface area contributed by atoms with E-state index in [1.165, 1.54) is 0 Å². The minimum Gasteiger partial charge on any atom is -0.382 e. The second kappa shape index (κ2) is 13.7. The molecular formula is C30H39F3N6O. The quantitative estimate of drug-likeness (QED) is 0.365. The summed E-state index contributed by atoms with van der Waals surface area (Å²) in [5.74, 6) is -0.191. The molecule has 0 spiro atoms. The number of aromatic nitrogens is 2. The maximum atomic E-state index is 13.7. The van der Waals surface area contributed by atoms with E-state index in [9.17, 15) is 18.0 Å². The molecule has 4 rings (SSSR count). The largest absolute Gasteiger partial charge is 0.416 e. The fourth-order valence-corrected chi connectivity index (χ4v) is 4.82. The second-order valence-corrected chi connectivity index (χ2v) is 10.1. The van der Waals surface area contributed by atoms with Gasteiger partial charge in [-0.05, 0) is 73.3 Å². The Hall–Kier alpha value is -3.50. The minimum absolute atomic E-state index is 0. The van der Waals surface area contributed by atoms with E-state index in [2.05, 4.69) is 32.0 Å². The van der Waals surface area contributed by atoms with Gasteiger partial charge in [0.15, 0.2) is 0 Å². The van der Waals surface area contributed by atoms with Crippen LogP contribution in [0.2, 0.25) is 0 Å². The van der Waals surface area contributed by atoms with Crippen LogP contribution in [0.4, 0.5) is 24.7 Å². The second-order valence-electron chi connectivity index (χ2n) is 10.1. The van der Waals surface area contributed by atoms with E-state index in [1.54, 1.807) is 24.5 Å². The number of nitrogens with one attached hydrogen (secondary N) is 1. The third kappa shape index (κ3) is 8.25. The zero-order chi connectivity index (χ0) is 28.0. The Morgan fingerprint density at radius 1 is 0.975 bits per heavy atom. The molecule has 1 aromatic heterocycles. The van der Waals surface area contributed by atoms with E-state index in [0.29, 0.717) is 42.1 Å². The van der Waals surface area contributed by atoms with Crippen LogP contribution in [0, 0.1) is 0 Å². The van der Waals surface area contributed by atoms with Crippen molar-refractivity contribution in [2.24, 2.45) is 0 Å². The number of nitrogen functional groups attached to an aromatic ring is 1. The Morgan fingerprint density at radius 3 is 2.38 bits per heavy atom. The van der Waals surface area contributed by atoms with Gasteiger partial charge in [0.1, 0.15) is 5.82 Å². The minimum atomic E-state index is -4.55. The van der Waals surface area contributed by atoms with Crippen LogP contribution in [0.5, 0.6) is 0 Å². The van der Waals surface area contributed by atoms with Gasteiger partial charge in [-0.25, -0.2) is 4.98 Å². The van der Waals surface area contributed by atoms with Gasteiger partial charge in [0.05, 0.1) is 11.3 Å². The van der Waals surface area contributed by atoms with Crippen molar-refractivity contribution in [2.45, 2.75) is 52.8 Å². The van der Waals surface area contributed by atoms with Gasteiger partial charge in [-0.1, -0.05) is 26.8 Å². The summed E-state index contributed by atoms with van der Waals surface area (Å²) in [4.78, 5) is 25.9. The van der Waals surface area contributed by atoms with Gasteiger partial charge in [0.25, 0.3) is 5.91 Å². The lowest BCUT2D eigenvalue weighted by molar-refractivity contribution is -0.137. The Bertz CT molecular complexity index is 1290. The van der Waals surface area contributed by atoms with Gasteiger partial charge in [-0.3, -0.25) is 14.7 Å². The van der Waals surface area contributed by atoms with Gasteiger partial charge >= 0.3 is 6.18 Å². The van der Waals surface area contributed by atoms with Crippen molar-refractivity contribution in [3.63, 3.8) is 0 Å². The number of amides is 1. The maximum absolute atomic E-state index is 13.7. The predicted molar refractivity (Wildman–Crippen MR) is 153 cm³/mol. The van der Waals surface area contributed by atoms with Crippen LogP contribution >= 0.6 is 0 Å². The van der Waals surface area contributed by atoms with E-state index < -0.39 is 17.6 Å². The Kier molecular flexibility index (Phi) is 10.6. The van der Waals surface area contributed by atoms with Crippen LogP contribution in [0.25, 0.3) is 0 Å². The molecule has 2 heterocycles. The van der Waals surface area contributed by atoms with Crippen molar-refractivity contribution in [3.8, 4) is 0 Å². The molecule has 1 aliphatic heterocycles. The molecule has 0 bridgehead atoms. The van der Waals surface area contributed by atoms with E-state index in [-0.39, 0.29) is 13.0 Å².